The van der Waals surface area contributed by atoms with E-state index in [0.29, 0.717) is 61.5 Å². The van der Waals surface area contributed by atoms with E-state index >= 15 is 0 Å². The Balaban J connectivity index is 1.17. The highest BCUT2D eigenvalue weighted by Gasteiger charge is 2.60. The van der Waals surface area contributed by atoms with Crippen LogP contribution >= 0.6 is 0 Å². The monoisotopic (exact) mass is 875 g/mol. The van der Waals surface area contributed by atoms with Gasteiger partial charge in [0.05, 0.1) is 49.3 Å². The molecule has 5 fully saturated rings. The smallest absolute Gasteiger partial charge is 0.316 e. The second-order valence-corrected chi connectivity index (χ2v) is 19.7. The molecule has 3 N–H and O–H groups in total. The summed E-state index contributed by atoms with van der Waals surface area (Å²) >= 11 is 0. The van der Waals surface area contributed by atoms with Gasteiger partial charge in [-0.3, -0.25) is 4.79 Å². The minimum absolute atomic E-state index is 0.00218. The number of ether oxygens (including phenoxy) is 10. The minimum Gasteiger partial charge on any atom is -0.462 e. The first kappa shape index (κ1) is 47.9. The number of allylic oxidation sites excluding steroid dienone is 2. The summed E-state index contributed by atoms with van der Waals surface area (Å²) in [6, 6.07) is 0. The molecule has 14 nitrogen and oxygen atoms in total. The SMILES string of the molecule is CO[C@H]1C[C@H](O[C@H]2[C@H](C)O[C@@H](O[C@@H]3/C(C)=C/C[C@@H]4C[C@@H](C[C@]5(CC[C@H](C)[C@@H](CC(C)C)O5)O4)OC(=O)[C@@H]4C=C(C)[C@@H](O)[C@H]5OC/C(=C\C=C\[C@@H]3C)[C@]54O)C[C@@H]2OC)O[C@@H](C)[C@@H]1O. The Kier molecular flexibility index (Phi) is 15.3. The van der Waals surface area contributed by atoms with Crippen molar-refractivity contribution in [2.75, 3.05) is 20.8 Å². The van der Waals surface area contributed by atoms with Gasteiger partial charge in [0.25, 0.3) is 0 Å². The van der Waals surface area contributed by atoms with Gasteiger partial charge in [-0.05, 0) is 75.5 Å². The molecule has 5 saturated heterocycles. The Morgan fingerprint density at radius 2 is 1.61 bits per heavy atom. The molecule has 0 aromatic rings. The zero-order valence-electron chi connectivity index (χ0n) is 38.5. The van der Waals surface area contributed by atoms with Crippen LogP contribution in [0.15, 0.2) is 47.1 Å². The zero-order valence-corrected chi connectivity index (χ0v) is 38.5. The molecule has 0 radical (unpaired) electrons. The first-order valence-electron chi connectivity index (χ1n) is 23.1. The number of fused-ring (bicyclic) bond motifs is 2. The van der Waals surface area contributed by atoms with Crippen LogP contribution in [0.4, 0.5) is 0 Å². The van der Waals surface area contributed by atoms with E-state index in [1.807, 2.05) is 19.1 Å². The summed E-state index contributed by atoms with van der Waals surface area (Å²) in [5.41, 5.74) is 0.189. The third-order valence-electron chi connectivity index (χ3n) is 14.5. The fraction of sp³-hybridized carbons (Fsp3) is 0.812. The normalized spacial score (nSPS) is 49.0. The number of aliphatic hydroxyl groups excluding tert-OH is 2. The van der Waals surface area contributed by atoms with Crippen molar-refractivity contribution in [3.8, 4) is 0 Å². The fourth-order valence-electron chi connectivity index (χ4n) is 10.8. The summed E-state index contributed by atoms with van der Waals surface area (Å²) < 4.78 is 63.9. The van der Waals surface area contributed by atoms with Crippen molar-refractivity contribution in [2.45, 2.75) is 204 Å². The van der Waals surface area contributed by atoms with Crippen molar-refractivity contribution in [3.63, 3.8) is 0 Å². The van der Waals surface area contributed by atoms with E-state index in [1.165, 1.54) is 0 Å². The summed E-state index contributed by atoms with van der Waals surface area (Å²) in [5.74, 6) is -1.97. The molecule has 0 amide bonds. The molecular weight excluding hydrogens is 801 g/mol. The summed E-state index contributed by atoms with van der Waals surface area (Å²) in [4.78, 5) is 14.4. The lowest BCUT2D eigenvalue weighted by atomic mass is 9.71. The number of carbonyl (C=O) groups excluding carboxylic acids is 1. The first-order valence-corrected chi connectivity index (χ1v) is 23.1. The van der Waals surface area contributed by atoms with Crippen LogP contribution in [0.2, 0.25) is 0 Å². The number of aliphatic hydroxyl groups is 3. The highest BCUT2D eigenvalue weighted by Crippen LogP contribution is 2.48. The van der Waals surface area contributed by atoms with Gasteiger partial charge in [-0.25, -0.2) is 0 Å². The number of hydrogen-bond acceptors (Lipinski definition) is 14. The molecule has 19 atom stereocenters. The summed E-state index contributed by atoms with van der Waals surface area (Å²) in [6.07, 6.45) is 6.48. The highest BCUT2D eigenvalue weighted by atomic mass is 16.7. The molecule has 6 aliphatic heterocycles. The maximum atomic E-state index is 14.4. The molecule has 7 aliphatic rings. The van der Waals surface area contributed by atoms with Gasteiger partial charge in [0.15, 0.2) is 18.4 Å². The van der Waals surface area contributed by atoms with E-state index in [4.69, 9.17) is 47.4 Å². The van der Waals surface area contributed by atoms with Gasteiger partial charge in [0, 0.05) is 52.2 Å². The quantitative estimate of drug-likeness (QED) is 0.204. The van der Waals surface area contributed by atoms with Crippen molar-refractivity contribution in [3.05, 3.63) is 47.1 Å². The van der Waals surface area contributed by atoms with Crippen molar-refractivity contribution in [2.24, 2.45) is 23.7 Å². The van der Waals surface area contributed by atoms with E-state index < -0.39 is 90.8 Å². The van der Waals surface area contributed by atoms with E-state index in [1.54, 1.807) is 40.2 Å². The lowest BCUT2D eigenvalue weighted by molar-refractivity contribution is -0.336. The molecule has 0 unspecified atom stereocenters. The largest absolute Gasteiger partial charge is 0.462 e. The Labute approximate surface area is 368 Å². The first-order chi connectivity index (χ1) is 29.4. The van der Waals surface area contributed by atoms with E-state index in [-0.39, 0.29) is 30.8 Å². The number of rotatable bonds is 8. The second-order valence-electron chi connectivity index (χ2n) is 19.7. The molecule has 0 aromatic heterocycles. The zero-order chi connectivity index (χ0) is 44.7. The van der Waals surface area contributed by atoms with Crippen LogP contribution in [-0.2, 0) is 52.2 Å². The summed E-state index contributed by atoms with van der Waals surface area (Å²) in [5, 5.41) is 34.2. The molecule has 14 heteroatoms. The standard InChI is InChI=1S/C48H74O14/c1-25(2)18-36-26(3)16-17-47(62-36)23-34-20-33(61-47)15-14-28(5)43(27(4)12-11-13-32-24-55-45-41(49)29(6)19-35(46(51)58-34)48(32,45)52)59-40-22-38(54-10)44(31(8)57-40)60-39-21-37(53-9)42(50)30(7)56-39/h11-14,19,25-27,30-31,33-45,49-50,52H,15-18,20-24H2,1-10H3/b12-11+,28-14+,32-13+/t26-,27-,30-,31-,33+,34-,35-,36+,37-,38-,39-,40-,41+,42-,43-,44-,45+,47+,48+/m0/s1. The Morgan fingerprint density at radius 1 is 0.903 bits per heavy atom. The molecule has 2 bridgehead atoms. The van der Waals surface area contributed by atoms with Gasteiger partial charge in [-0.1, -0.05) is 58.1 Å². The molecule has 6 heterocycles. The van der Waals surface area contributed by atoms with Crippen LogP contribution in [0.25, 0.3) is 0 Å². The second kappa shape index (κ2) is 19.8. The maximum absolute atomic E-state index is 14.4. The van der Waals surface area contributed by atoms with Crippen molar-refractivity contribution in [1.29, 1.82) is 0 Å². The molecule has 7 rings (SSSR count). The number of esters is 1. The van der Waals surface area contributed by atoms with Crippen molar-refractivity contribution >= 4 is 5.97 Å². The maximum Gasteiger partial charge on any atom is 0.316 e. The molecule has 1 aliphatic carbocycles. The number of hydrogen-bond donors (Lipinski definition) is 3. The van der Waals surface area contributed by atoms with Gasteiger partial charge in [-0.15, -0.1) is 0 Å². The van der Waals surface area contributed by atoms with Crippen molar-refractivity contribution < 1.29 is 67.5 Å². The molecule has 0 saturated carbocycles. The van der Waals surface area contributed by atoms with Gasteiger partial charge in [-0.2, -0.15) is 0 Å². The van der Waals surface area contributed by atoms with Crippen LogP contribution in [0.3, 0.4) is 0 Å². The van der Waals surface area contributed by atoms with Gasteiger partial charge < -0.3 is 62.7 Å². The van der Waals surface area contributed by atoms with Gasteiger partial charge >= 0.3 is 5.97 Å². The number of carbonyl (C=O) groups is 1. The Hall–Kier alpha value is -2.05. The molecule has 1 spiro atoms. The van der Waals surface area contributed by atoms with Gasteiger partial charge in [0.2, 0.25) is 0 Å². The van der Waals surface area contributed by atoms with Crippen LogP contribution in [0.1, 0.15) is 107 Å². The van der Waals surface area contributed by atoms with Crippen LogP contribution < -0.4 is 0 Å². The summed E-state index contributed by atoms with van der Waals surface area (Å²) in [7, 11) is 3.23. The Morgan fingerprint density at radius 3 is 2.34 bits per heavy atom. The lowest BCUT2D eigenvalue weighted by Gasteiger charge is -2.50. The third kappa shape index (κ3) is 10.0. The molecule has 350 valence electrons. The lowest BCUT2D eigenvalue weighted by Crippen LogP contribution is -2.58. The van der Waals surface area contributed by atoms with Gasteiger partial charge in [0.1, 0.15) is 42.0 Å². The molecular formula is C48H74O14. The number of methoxy groups -OCH3 is 2. The topological polar surface area (TPSA) is 170 Å². The predicted molar refractivity (Wildman–Crippen MR) is 227 cm³/mol. The average molecular weight is 875 g/mol. The van der Waals surface area contributed by atoms with Crippen molar-refractivity contribution in [1.82, 2.24) is 0 Å². The minimum atomic E-state index is -1.82. The van der Waals surface area contributed by atoms with Crippen LogP contribution in [-0.4, -0.2) is 139 Å². The van der Waals surface area contributed by atoms with Crippen LogP contribution in [0, 0.1) is 23.7 Å². The molecule has 62 heavy (non-hydrogen) atoms. The van der Waals surface area contributed by atoms with Crippen LogP contribution in [0.5, 0.6) is 0 Å². The average Bonchev–Trinajstić information content (AvgIpc) is 3.56. The Bertz CT molecular complexity index is 1680. The summed E-state index contributed by atoms with van der Waals surface area (Å²) in [6.45, 7) is 16.3. The highest BCUT2D eigenvalue weighted by molar-refractivity contribution is 5.78. The van der Waals surface area contributed by atoms with E-state index in [0.717, 1.165) is 18.4 Å². The van der Waals surface area contributed by atoms with E-state index in [2.05, 4.69) is 40.7 Å². The van der Waals surface area contributed by atoms with E-state index in [9.17, 15) is 20.1 Å². The predicted octanol–water partition coefficient (Wildman–Crippen LogP) is 5.60. The fourth-order valence-corrected chi connectivity index (χ4v) is 10.8. The third-order valence-corrected chi connectivity index (χ3v) is 14.5. The molecule has 0 aromatic carbocycles.